The molecular weight excluding hydrogens is 322 g/mol. The Morgan fingerprint density at radius 1 is 1.32 bits per heavy atom. The SMILES string of the molecule is CSc1ccc(C(=O)NCC2CCCCC2Br)cc1. The lowest BCUT2D eigenvalue weighted by Gasteiger charge is -2.27. The Bertz CT molecular complexity index is 421. The maximum Gasteiger partial charge on any atom is 0.251 e. The van der Waals surface area contributed by atoms with Gasteiger partial charge in [-0.25, -0.2) is 0 Å². The quantitative estimate of drug-likeness (QED) is 0.660. The molecule has 1 aromatic rings. The zero-order valence-corrected chi connectivity index (χ0v) is 13.6. The highest BCUT2D eigenvalue weighted by Gasteiger charge is 2.23. The molecule has 2 rings (SSSR count). The number of halogens is 1. The van der Waals surface area contributed by atoms with Crippen LogP contribution in [0, 0.1) is 5.92 Å². The predicted octanol–water partition coefficient (Wildman–Crippen LogP) is 4.09. The van der Waals surface area contributed by atoms with Crippen molar-refractivity contribution in [3.05, 3.63) is 29.8 Å². The average Bonchev–Trinajstić information content (AvgIpc) is 2.46. The Kier molecular flexibility index (Phi) is 5.76. The van der Waals surface area contributed by atoms with Crippen molar-refractivity contribution >= 4 is 33.6 Å². The Hall–Kier alpha value is -0.480. The highest BCUT2D eigenvalue weighted by Crippen LogP contribution is 2.29. The number of amides is 1. The largest absolute Gasteiger partial charge is 0.352 e. The van der Waals surface area contributed by atoms with Crippen LogP contribution in [0.5, 0.6) is 0 Å². The zero-order chi connectivity index (χ0) is 13.7. The molecule has 0 saturated heterocycles. The molecule has 1 aliphatic carbocycles. The molecular formula is C15H20BrNOS. The van der Waals surface area contributed by atoms with Gasteiger partial charge in [0.2, 0.25) is 0 Å². The third-order valence-corrected chi connectivity index (χ3v) is 5.64. The lowest BCUT2D eigenvalue weighted by Crippen LogP contribution is -2.34. The van der Waals surface area contributed by atoms with E-state index in [1.165, 1.54) is 30.6 Å². The van der Waals surface area contributed by atoms with Crippen molar-refractivity contribution in [2.45, 2.75) is 35.4 Å². The number of hydrogen-bond donors (Lipinski definition) is 1. The maximum absolute atomic E-state index is 12.1. The van der Waals surface area contributed by atoms with Crippen LogP contribution in [0.4, 0.5) is 0 Å². The second kappa shape index (κ2) is 7.34. The van der Waals surface area contributed by atoms with E-state index in [4.69, 9.17) is 0 Å². The summed E-state index contributed by atoms with van der Waals surface area (Å²) in [6.07, 6.45) is 7.06. The van der Waals surface area contributed by atoms with E-state index in [1.807, 2.05) is 30.5 Å². The van der Waals surface area contributed by atoms with E-state index in [9.17, 15) is 4.79 Å². The number of rotatable bonds is 4. The number of thioether (sulfide) groups is 1. The summed E-state index contributed by atoms with van der Waals surface area (Å²) in [5, 5.41) is 3.06. The Morgan fingerprint density at radius 2 is 2.00 bits per heavy atom. The molecule has 104 valence electrons. The van der Waals surface area contributed by atoms with Gasteiger partial charge in [0.1, 0.15) is 0 Å². The number of carbonyl (C=O) groups is 1. The summed E-state index contributed by atoms with van der Waals surface area (Å²) in [6.45, 7) is 0.777. The summed E-state index contributed by atoms with van der Waals surface area (Å²) in [5.41, 5.74) is 0.750. The van der Waals surface area contributed by atoms with Crippen LogP contribution in [0.15, 0.2) is 29.2 Å². The third kappa shape index (κ3) is 4.25. The number of carbonyl (C=O) groups excluding carboxylic acids is 1. The number of benzene rings is 1. The van der Waals surface area contributed by atoms with Gasteiger partial charge in [0.15, 0.2) is 0 Å². The number of hydrogen-bond acceptors (Lipinski definition) is 2. The van der Waals surface area contributed by atoms with E-state index in [1.54, 1.807) is 11.8 Å². The fourth-order valence-electron chi connectivity index (χ4n) is 2.46. The van der Waals surface area contributed by atoms with Gasteiger partial charge in [-0.05, 0) is 49.3 Å². The molecule has 1 aliphatic rings. The monoisotopic (exact) mass is 341 g/mol. The smallest absolute Gasteiger partial charge is 0.251 e. The fraction of sp³-hybridized carbons (Fsp3) is 0.533. The molecule has 0 heterocycles. The van der Waals surface area contributed by atoms with Crippen molar-refractivity contribution in [3.8, 4) is 0 Å². The van der Waals surface area contributed by atoms with Gasteiger partial charge in [0.05, 0.1) is 0 Å². The summed E-state index contributed by atoms with van der Waals surface area (Å²) in [4.78, 5) is 13.8. The standard InChI is InChI=1S/C15H20BrNOS/c1-19-13-8-6-11(7-9-13)15(18)17-10-12-4-2-3-5-14(12)16/h6-9,12,14H,2-5,10H2,1H3,(H,17,18). The molecule has 0 aromatic heterocycles. The molecule has 4 heteroatoms. The average molecular weight is 342 g/mol. The van der Waals surface area contributed by atoms with E-state index in [0.717, 1.165) is 12.1 Å². The normalized spacial score (nSPS) is 23.1. The van der Waals surface area contributed by atoms with Crippen molar-refractivity contribution in [3.63, 3.8) is 0 Å². The third-order valence-electron chi connectivity index (χ3n) is 3.69. The molecule has 0 bridgehead atoms. The summed E-state index contributed by atoms with van der Waals surface area (Å²) in [7, 11) is 0. The van der Waals surface area contributed by atoms with Crippen molar-refractivity contribution in [2.75, 3.05) is 12.8 Å². The Labute approximate surface area is 127 Å². The van der Waals surface area contributed by atoms with Gasteiger partial charge in [-0.1, -0.05) is 28.8 Å². The number of alkyl halides is 1. The summed E-state index contributed by atoms with van der Waals surface area (Å²) >= 11 is 5.41. The first kappa shape index (κ1) is 14.9. The second-order valence-corrected chi connectivity index (χ2v) is 7.05. The molecule has 2 unspecified atom stereocenters. The minimum atomic E-state index is 0.0397. The van der Waals surface area contributed by atoms with Crippen molar-refractivity contribution in [2.24, 2.45) is 5.92 Å². The van der Waals surface area contributed by atoms with Crippen molar-refractivity contribution in [1.82, 2.24) is 5.32 Å². The Balaban J connectivity index is 1.86. The van der Waals surface area contributed by atoms with Crippen LogP contribution in [-0.4, -0.2) is 23.5 Å². The van der Waals surface area contributed by atoms with Gasteiger partial charge in [-0.15, -0.1) is 11.8 Å². The highest BCUT2D eigenvalue weighted by atomic mass is 79.9. The maximum atomic E-state index is 12.1. The minimum Gasteiger partial charge on any atom is -0.352 e. The first-order valence-corrected chi connectivity index (χ1v) is 8.91. The molecule has 1 N–H and O–H groups in total. The molecule has 0 aliphatic heterocycles. The first-order chi connectivity index (χ1) is 9.20. The highest BCUT2D eigenvalue weighted by molar-refractivity contribution is 9.09. The van der Waals surface area contributed by atoms with Crippen molar-refractivity contribution < 1.29 is 4.79 Å². The molecule has 2 nitrogen and oxygen atoms in total. The summed E-state index contributed by atoms with van der Waals surface area (Å²) in [5.74, 6) is 0.612. The molecule has 0 radical (unpaired) electrons. The fourth-order valence-corrected chi connectivity index (χ4v) is 3.64. The van der Waals surface area contributed by atoms with Crippen LogP contribution in [0.1, 0.15) is 36.0 Å². The van der Waals surface area contributed by atoms with E-state index in [-0.39, 0.29) is 5.91 Å². The molecule has 2 atom stereocenters. The number of nitrogens with one attached hydrogen (secondary N) is 1. The van der Waals surface area contributed by atoms with Gasteiger partial charge < -0.3 is 5.32 Å². The first-order valence-electron chi connectivity index (χ1n) is 6.77. The molecule has 1 fully saturated rings. The molecule has 1 saturated carbocycles. The summed E-state index contributed by atoms with van der Waals surface area (Å²) in [6, 6.07) is 7.78. The van der Waals surface area contributed by atoms with E-state index < -0.39 is 0 Å². The van der Waals surface area contributed by atoms with E-state index in [0.29, 0.717) is 10.7 Å². The zero-order valence-electron chi connectivity index (χ0n) is 11.2. The minimum absolute atomic E-state index is 0.0397. The second-order valence-electron chi connectivity index (χ2n) is 5.00. The van der Waals surface area contributed by atoms with Crippen molar-refractivity contribution in [1.29, 1.82) is 0 Å². The lowest BCUT2D eigenvalue weighted by molar-refractivity contribution is 0.0944. The van der Waals surface area contributed by atoms with Gasteiger partial charge in [0, 0.05) is 21.8 Å². The lowest BCUT2D eigenvalue weighted by atomic mass is 9.89. The van der Waals surface area contributed by atoms with Crippen LogP contribution in [0.25, 0.3) is 0 Å². The van der Waals surface area contributed by atoms with Gasteiger partial charge in [-0.2, -0.15) is 0 Å². The van der Waals surface area contributed by atoms with Crippen LogP contribution in [-0.2, 0) is 0 Å². The van der Waals surface area contributed by atoms with E-state index in [2.05, 4.69) is 21.2 Å². The van der Waals surface area contributed by atoms with Gasteiger partial charge in [-0.3, -0.25) is 4.79 Å². The Morgan fingerprint density at radius 3 is 2.63 bits per heavy atom. The van der Waals surface area contributed by atoms with Gasteiger partial charge in [0.25, 0.3) is 5.91 Å². The summed E-state index contributed by atoms with van der Waals surface area (Å²) < 4.78 is 0. The molecule has 1 aromatic carbocycles. The van der Waals surface area contributed by atoms with Gasteiger partial charge >= 0.3 is 0 Å². The predicted molar refractivity (Wildman–Crippen MR) is 85.2 cm³/mol. The van der Waals surface area contributed by atoms with Crippen LogP contribution >= 0.6 is 27.7 Å². The molecule has 0 spiro atoms. The van der Waals surface area contributed by atoms with E-state index >= 15 is 0 Å². The van der Waals surface area contributed by atoms with Crippen LogP contribution < -0.4 is 5.32 Å². The topological polar surface area (TPSA) is 29.1 Å². The van der Waals surface area contributed by atoms with Crippen LogP contribution in [0.3, 0.4) is 0 Å². The molecule has 1 amide bonds. The van der Waals surface area contributed by atoms with Crippen LogP contribution in [0.2, 0.25) is 0 Å². The molecule has 19 heavy (non-hydrogen) atoms.